The first kappa shape index (κ1) is 13.8. The van der Waals surface area contributed by atoms with E-state index >= 15 is 0 Å². The van der Waals surface area contributed by atoms with Crippen LogP contribution >= 0.6 is 27.3 Å². The minimum absolute atomic E-state index is 0.172. The lowest BCUT2D eigenvalue weighted by molar-refractivity contribution is 0.0996. The van der Waals surface area contributed by atoms with Gasteiger partial charge in [-0.3, -0.25) is 4.79 Å². The molecule has 20 heavy (non-hydrogen) atoms. The number of ketones is 1. The second kappa shape index (κ2) is 5.70. The summed E-state index contributed by atoms with van der Waals surface area (Å²) < 4.78 is 6.70. The number of rotatable bonds is 4. The third kappa shape index (κ3) is 2.67. The van der Waals surface area contributed by atoms with E-state index in [9.17, 15) is 4.79 Å². The molecule has 0 amide bonds. The molecular weight excluding hydrogens is 336 g/mol. The van der Waals surface area contributed by atoms with Crippen LogP contribution in [0.2, 0.25) is 0 Å². The zero-order valence-electron chi connectivity index (χ0n) is 11.2. The van der Waals surface area contributed by atoms with Crippen LogP contribution in [0, 0.1) is 0 Å². The van der Waals surface area contributed by atoms with E-state index in [0.717, 1.165) is 33.5 Å². The number of thiophene rings is 1. The van der Waals surface area contributed by atoms with Gasteiger partial charge in [0.25, 0.3) is 0 Å². The number of ether oxygens (including phenoxy) is 1. The van der Waals surface area contributed by atoms with Crippen molar-refractivity contribution >= 4 is 33.0 Å². The van der Waals surface area contributed by atoms with E-state index in [0.29, 0.717) is 13.0 Å². The number of hydrogen-bond acceptors (Lipinski definition) is 3. The van der Waals surface area contributed by atoms with Crippen molar-refractivity contribution in [2.45, 2.75) is 26.2 Å². The third-order valence-electron chi connectivity index (χ3n) is 3.46. The zero-order chi connectivity index (χ0) is 14.1. The fraction of sp³-hybridized carbons (Fsp3) is 0.312. The Morgan fingerprint density at radius 2 is 2.25 bits per heavy atom. The maximum absolute atomic E-state index is 12.4. The van der Waals surface area contributed by atoms with E-state index in [2.05, 4.69) is 28.9 Å². The molecule has 2 aromatic rings. The van der Waals surface area contributed by atoms with Crippen molar-refractivity contribution in [3.8, 4) is 5.75 Å². The van der Waals surface area contributed by atoms with Crippen LogP contribution in [-0.4, -0.2) is 12.4 Å². The van der Waals surface area contributed by atoms with E-state index < -0.39 is 0 Å². The number of Topliss-reactive ketones (excluding diaryl/α,β-unsaturated/α-hetero) is 1. The molecule has 0 unspecified atom stereocenters. The SMILES string of the molecule is CCc1ccc(C(=O)Cc2cc(Br)cc3c2OCC3)s1. The summed E-state index contributed by atoms with van der Waals surface area (Å²) in [5.74, 6) is 1.08. The molecule has 1 aliphatic heterocycles. The molecule has 0 spiro atoms. The lowest BCUT2D eigenvalue weighted by Gasteiger charge is -2.08. The highest BCUT2D eigenvalue weighted by molar-refractivity contribution is 9.10. The van der Waals surface area contributed by atoms with E-state index in [1.165, 1.54) is 10.4 Å². The molecule has 104 valence electrons. The Bertz CT molecular complexity index is 660. The van der Waals surface area contributed by atoms with Gasteiger partial charge < -0.3 is 4.74 Å². The minimum Gasteiger partial charge on any atom is -0.493 e. The molecule has 2 nitrogen and oxygen atoms in total. The summed E-state index contributed by atoms with van der Waals surface area (Å²) in [6.45, 7) is 2.82. The molecule has 0 bridgehead atoms. The minimum atomic E-state index is 0.172. The molecule has 0 fully saturated rings. The van der Waals surface area contributed by atoms with Crippen molar-refractivity contribution in [2.75, 3.05) is 6.61 Å². The molecule has 2 heterocycles. The largest absolute Gasteiger partial charge is 0.493 e. The Balaban J connectivity index is 1.86. The first-order valence-corrected chi connectivity index (χ1v) is 8.34. The van der Waals surface area contributed by atoms with Gasteiger partial charge in [-0.25, -0.2) is 0 Å². The van der Waals surface area contributed by atoms with Gasteiger partial charge in [0, 0.05) is 27.8 Å². The lowest BCUT2D eigenvalue weighted by atomic mass is 10.0. The Morgan fingerprint density at radius 1 is 1.40 bits per heavy atom. The summed E-state index contributed by atoms with van der Waals surface area (Å²) in [6.07, 6.45) is 2.31. The lowest BCUT2D eigenvalue weighted by Crippen LogP contribution is -2.03. The van der Waals surface area contributed by atoms with Crippen molar-refractivity contribution in [1.29, 1.82) is 0 Å². The van der Waals surface area contributed by atoms with Crippen LogP contribution in [0.4, 0.5) is 0 Å². The molecule has 0 radical (unpaired) electrons. The monoisotopic (exact) mass is 350 g/mol. The van der Waals surface area contributed by atoms with Crippen molar-refractivity contribution in [2.24, 2.45) is 0 Å². The van der Waals surface area contributed by atoms with E-state index in [1.54, 1.807) is 11.3 Å². The Labute approximate surface area is 130 Å². The second-order valence-corrected chi connectivity index (χ2v) is 6.96. The molecule has 0 saturated heterocycles. The highest BCUT2D eigenvalue weighted by Gasteiger charge is 2.20. The smallest absolute Gasteiger partial charge is 0.177 e. The first-order valence-electron chi connectivity index (χ1n) is 6.73. The van der Waals surface area contributed by atoms with E-state index in [-0.39, 0.29) is 5.78 Å². The quantitative estimate of drug-likeness (QED) is 0.762. The van der Waals surface area contributed by atoms with Crippen molar-refractivity contribution in [1.82, 2.24) is 0 Å². The maximum Gasteiger partial charge on any atom is 0.177 e. The fourth-order valence-electron chi connectivity index (χ4n) is 2.46. The van der Waals surface area contributed by atoms with Gasteiger partial charge in [0.1, 0.15) is 5.75 Å². The number of benzene rings is 1. The Morgan fingerprint density at radius 3 is 3.00 bits per heavy atom. The Hall–Kier alpha value is -1.13. The van der Waals surface area contributed by atoms with Crippen LogP contribution in [0.15, 0.2) is 28.7 Å². The molecule has 0 aliphatic carbocycles. The standard InChI is InChI=1S/C16H15BrO2S/c1-2-13-3-4-15(20-13)14(18)9-11-8-12(17)7-10-5-6-19-16(10)11/h3-4,7-8H,2,5-6,9H2,1H3. The average molecular weight is 351 g/mol. The molecule has 0 atom stereocenters. The van der Waals surface area contributed by atoms with Gasteiger partial charge in [-0.2, -0.15) is 0 Å². The molecule has 3 rings (SSSR count). The van der Waals surface area contributed by atoms with Gasteiger partial charge in [0.05, 0.1) is 11.5 Å². The van der Waals surface area contributed by atoms with Crippen molar-refractivity contribution in [3.05, 3.63) is 49.6 Å². The molecule has 0 saturated carbocycles. The topological polar surface area (TPSA) is 26.3 Å². The van der Waals surface area contributed by atoms with Gasteiger partial charge in [0.15, 0.2) is 5.78 Å². The summed E-state index contributed by atoms with van der Waals surface area (Å²) in [7, 11) is 0. The van der Waals surface area contributed by atoms with Crippen LogP contribution in [-0.2, 0) is 19.3 Å². The number of fused-ring (bicyclic) bond motifs is 1. The van der Waals surface area contributed by atoms with E-state index in [4.69, 9.17) is 4.74 Å². The van der Waals surface area contributed by atoms with Gasteiger partial charge in [-0.15, -0.1) is 11.3 Å². The number of carbonyl (C=O) groups excluding carboxylic acids is 1. The van der Waals surface area contributed by atoms with Crippen LogP contribution < -0.4 is 4.74 Å². The van der Waals surface area contributed by atoms with Crippen molar-refractivity contribution < 1.29 is 9.53 Å². The normalized spacial score (nSPS) is 13.1. The highest BCUT2D eigenvalue weighted by atomic mass is 79.9. The molecule has 1 aliphatic rings. The maximum atomic E-state index is 12.4. The summed E-state index contributed by atoms with van der Waals surface area (Å²) in [5, 5.41) is 0. The fourth-order valence-corrected chi connectivity index (χ4v) is 3.89. The first-order chi connectivity index (χ1) is 9.67. The number of halogens is 1. The predicted octanol–water partition coefficient (Wildman–Crippen LogP) is 4.43. The van der Waals surface area contributed by atoms with Crippen LogP contribution in [0.3, 0.4) is 0 Å². The second-order valence-electron chi connectivity index (χ2n) is 4.87. The summed E-state index contributed by atoms with van der Waals surface area (Å²) in [6, 6.07) is 8.05. The average Bonchev–Trinajstić information content (AvgIpc) is 3.06. The predicted molar refractivity (Wildman–Crippen MR) is 85.1 cm³/mol. The van der Waals surface area contributed by atoms with Crippen molar-refractivity contribution in [3.63, 3.8) is 0 Å². The molecular formula is C16H15BrO2S. The van der Waals surface area contributed by atoms with E-state index in [1.807, 2.05) is 18.2 Å². The molecule has 0 N–H and O–H groups in total. The Kier molecular flexibility index (Phi) is 3.94. The molecule has 4 heteroatoms. The third-order valence-corrected chi connectivity index (χ3v) is 5.19. The number of hydrogen-bond donors (Lipinski definition) is 0. The summed E-state index contributed by atoms with van der Waals surface area (Å²) >= 11 is 5.11. The molecule has 1 aromatic heterocycles. The van der Waals surface area contributed by atoms with Gasteiger partial charge in [-0.1, -0.05) is 22.9 Å². The van der Waals surface area contributed by atoms with Crippen LogP contribution in [0.5, 0.6) is 5.75 Å². The van der Waals surface area contributed by atoms with Crippen LogP contribution in [0.25, 0.3) is 0 Å². The van der Waals surface area contributed by atoms with Gasteiger partial charge in [0.2, 0.25) is 0 Å². The highest BCUT2D eigenvalue weighted by Crippen LogP contribution is 2.34. The zero-order valence-corrected chi connectivity index (χ0v) is 13.6. The summed E-state index contributed by atoms with van der Waals surface area (Å²) in [5.41, 5.74) is 2.19. The van der Waals surface area contributed by atoms with Gasteiger partial charge >= 0.3 is 0 Å². The molecule has 1 aromatic carbocycles. The van der Waals surface area contributed by atoms with Gasteiger partial charge in [-0.05, 0) is 36.2 Å². The number of aryl methyl sites for hydroxylation is 1. The summed E-state index contributed by atoms with van der Waals surface area (Å²) in [4.78, 5) is 14.5. The number of carbonyl (C=O) groups is 1. The van der Waals surface area contributed by atoms with Crippen LogP contribution in [0.1, 0.15) is 32.6 Å².